The molecule has 3 aromatic rings. The summed E-state index contributed by atoms with van der Waals surface area (Å²) < 4.78 is 3.59. The van der Waals surface area contributed by atoms with E-state index in [-0.39, 0.29) is 11.1 Å². The number of rotatable bonds is 2. The van der Waals surface area contributed by atoms with Crippen molar-refractivity contribution in [3.05, 3.63) is 80.3 Å². The van der Waals surface area contributed by atoms with Gasteiger partial charge in [-0.3, -0.25) is 18.9 Å². The molecule has 27 heavy (non-hydrogen) atoms. The third-order valence-corrected chi connectivity index (χ3v) is 5.87. The van der Waals surface area contributed by atoms with E-state index in [2.05, 4.69) is 11.0 Å². The van der Waals surface area contributed by atoms with Crippen LogP contribution in [0.15, 0.2) is 52.1 Å². The highest BCUT2D eigenvalue weighted by molar-refractivity contribution is 5.40. The minimum atomic E-state index is -0.0257. The molecule has 1 saturated heterocycles. The molecule has 2 atom stereocenters. The Bertz CT molecular complexity index is 1150. The molecule has 1 fully saturated rings. The van der Waals surface area contributed by atoms with Gasteiger partial charge in [0.15, 0.2) is 0 Å². The van der Waals surface area contributed by atoms with Crippen molar-refractivity contribution in [1.82, 2.24) is 18.9 Å². The number of hydrogen-bond donors (Lipinski definition) is 0. The number of hydrogen-bond acceptors (Lipinski definition) is 4. The smallest absolute Gasteiger partial charge is 0.258 e. The maximum absolute atomic E-state index is 12.5. The number of aryl methyl sites for hydroxylation is 1. The third kappa shape index (κ3) is 2.80. The summed E-state index contributed by atoms with van der Waals surface area (Å²) in [6.45, 7) is 5.21. The van der Waals surface area contributed by atoms with Crippen molar-refractivity contribution in [1.29, 1.82) is 0 Å². The first kappa shape index (κ1) is 16.4. The van der Waals surface area contributed by atoms with Gasteiger partial charge in [-0.15, -0.1) is 0 Å². The molecule has 0 aliphatic carbocycles. The van der Waals surface area contributed by atoms with Gasteiger partial charge in [0.25, 0.3) is 11.1 Å². The van der Waals surface area contributed by atoms with Crippen LogP contribution in [0.25, 0.3) is 5.65 Å². The largest absolute Gasteiger partial charge is 0.312 e. The van der Waals surface area contributed by atoms with Gasteiger partial charge in [0, 0.05) is 55.6 Å². The van der Waals surface area contributed by atoms with Crippen LogP contribution in [0.1, 0.15) is 29.4 Å². The zero-order valence-electron chi connectivity index (χ0n) is 15.3. The number of nitrogens with zero attached hydrogens (tertiary/aromatic N) is 4. The van der Waals surface area contributed by atoms with Gasteiger partial charge in [-0.1, -0.05) is 12.1 Å². The van der Waals surface area contributed by atoms with Crippen molar-refractivity contribution in [2.24, 2.45) is 5.92 Å². The molecule has 0 amide bonds. The molecule has 2 unspecified atom stereocenters. The van der Waals surface area contributed by atoms with Crippen molar-refractivity contribution in [2.75, 3.05) is 13.1 Å². The number of pyridine rings is 2. The van der Waals surface area contributed by atoms with Gasteiger partial charge in [0.05, 0.1) is 5.69 Å². The van der Waals surface area contributed by atoms with E-state index >= 15 is 0 Å². The van der Waals surface area contributed by atoms with Crippen molar-refractivity contribution in [3.63, 3.8) is 0 Å². The average molecular weight is 362 g/mol. The Morgan fingerprint density at radius 1 is 1.04 bits per heavy atom. The Kier molecular flexibility index (Phi) is 3.75. The summed E-state index contributed by atoms with van der Waals surface area (Å²) >= 11 is 0. The fourth-order valence-corrected chi connectivity index (χ4v) is 4.80. The molecule has 138 valence electrons. The molecule has 0 aromatic carbocycles. The lowest BCUT2D eigenvalue weighted by Gasteiger charge is -2.42. The molecule has 2 bridgehead atoms. The Hall–Kier alpha value is -2.73. The van der Waals surface area contributed by atoms with Gasteiger partial charge in [0.1, 0.15) is 5.65 Å². The minimum Gasteiger partial charge on any atom is -0.312 e. The molecule has 2 aliphatic rings. The number of likely N-dealkylation sites (tertiary alicyclic amines) is 1. The van der Waals surface area contributed by atoms with Crippen LogP contribution in [0.4, 0.5) is 0 Å². The van der Waals surface area contributed by atoms with Crippen molar-refractivity contribution < 1.29 is 0 Å². The van der Waals surface area contributed by atoms with Crippen LogP contribution in [-0.2, 0) is 13.1 Å². The quantitative estimate of drug-likeness (QED) is 0.697. The topological polar surface area (TPSA) is 59.6 Å². The van der Waals surface area contributed by atoms with Gasteiger partial charge in [-0.25, -0.2) is 4.98 Å². The predicted molar refractivity (Wildman–Crippen MR) is 103 cm³/mol. The summed E-state index contributed by atoms with van der Waals surface area (Å²) in [5, 5.41) is 0. The van der Waals surface area contributed by atoms with E-state index < -0.39 is 0 Å². The van der Waals surface area contributed by atoms with Gasteiger partial charge in [-0.2, -0.15) is 0 Å². The van der Waals surface area contributed by atoms with Gasteiger partial charge in [-0.05, 0) is 37.5 Å². The lowest BCUT2D eigenvalue weighted by Crippen LogP contribution is -2.46. The molecule has 5 heterocycles. The lowest BCUT2D eigenvalue weighted by molar-refractivity contribution is 0.113. The van der Waals surface area contributed by atoms with Crippen LogP contribution < -0.4 is 11.1 Å². The van der Waals surface area contributed by atoms with Crippen molar-refractivity contribution in [3.8, 4) is 0 Å². The fraction of sp³-hybridized carbons (Fsp3) is 0.381. The Morgan fingerprint density at radius 2 is 1.89 bits per heavy atom. The number of piperidine rings is 1. The fourth-order valence-electron chi connectivity index (χ4n) is 4.80. The van der Waals surface area contributed by atoms with E-state index in [1.54, 1.807) is 16.5 Å². The Labute approximate surface area is 156 Å². The van der Waals surface area contributed by atoms with Crippen LogP contribution >= 0.6 is 0 Å². The molecular formula is C21H22N4O2. The summed E-state index contributed by atoms with van der Waals surface area (Å²) in [6, 6.07) is 13.0. The predicted octanol–water partition coefficient (Wildman–Crippen LogP) is 1.78. The van der Waals surface area contributed by atoms with Gasteiger partial charge < -0.3 is 4.57 Å². The normalized spacial score (nSPS) is 22.0. The zero-order chi connectivity index (χ0) is 18.5. The maximum Gasteiger partial charge on any atom is 0.258 e. The minimum absolute atomic E-state index is 0.0257. The van der Waals surface area contributed by atoms with Crippen LogP contribution in [0.2, 0.25) is 0 Å². The molecule has 0 saturated carbocycles. The van der Waals surface area contributed by atoms with E-state index in [0.717, 1.165) is 43.1 Å². The Balaban J connectivity index is 1.44. The number of aromatic nitrogens is 3. The van der Waals surface area contributed by atoms with E-state index in [9.17, 15) is 9.59 Å². The van der Waals surface area contributed by atoms with Crippen LogP contribution in [0.5, 0.6) is 0 Å². The molecular weight excluding hydrogens is 340 g/mol. The van der Waals surface area contributed by atoms with Crippen LogP contribution in [0, 0.1) is 12.8 Å². The highest BCUT2D eigenvalue weighted by atomic mass is 16.1. The van der Waals surface area contributed by atoms with Crippen LogP contribution in [-0.4, -0.2) is 31.9 Å². The summed E-state index contributed by atoms with van der Waals surface area (Å²) in [4.78, 5) is 31.8. The maximum atomic E-state index is 12.5. The first-order valence-electron chi connectivity index (χ1n) is 9.49. The van der Waals surface area contributed by atoms with E-state index in [0.29, 0.717) is 24.0 Å². The first-order valence-corrected chi connectivity index (χ1v) is 9.49. The SMILES string of the molecule is Cc1cccc2nc(CN3CC4CC(C3)c3cccc(=O)n3C4)cc(=O)n12. The summed E-state index contributed by atoms with van der Waals surface area (Å²) in [7, 11) is 0. The standard InChI is InChI=1S/C21H22N4O2/c1-14-4-2-6-19-22-17(9-21(27)25(14)19)13-23-10-15-8-16(12-23)18-5-3-7-20(26)24(18)11-15/h2-7,9,15-16H,8,10-13H2,1H3. The summed E-state index contributed by atoms with van der Waals surface area (Å²) in [6.07, 6.45) is 1.13. The molecule has 6 heteroatoms. The highest BCUT2D eigenvalue weighted by Gasteiger charge is 2.34. The second-order valence-corrected chi connectivity index (χ2v) is 7.84. The van der Waals surface area contributed by atoms with Crippen molar-refractivity contribution >= 4 is 5.65 Å². The monoisotopic (exact) mass is 362 g/mol. The molecule has 5 rings (SSSR count). The lowest BCUT2D eigenvalue weighted by atomic mass is 9.83. The second-order valence-electron chi connectivity index (χ2n) is 7.84. The molecule has 2 aliphatic heterocycles. The Morgan fingerprint density at radius 3 is 2.78 bits per heavy atom. The first-order chi connectivity index (χ1) is 13.1. The third-order valence-electron chi connectivity index (χ3n) is 5.87. The zero-order valence-corrected chi connectivity index (χ0v) is 15.3. The molecule has 6 nitrogen and oxygen atoms in total. The molecule has 0 N–H and O–H groups in total. The molecule has 3 aromatic heterocycles. The van der Waals surface area contributed by atoms with E-state index in [4.69, 9.17) is 4.98 Å². The molecule has 0 spiro atoms. The highest BCUT2D eigenvalue weighted by Crippen LogP contribution is 2.35. The molecule has 0 radical (unpaired) electrons. The van der Waals surface area contributed by atoms with E-state index in [1.165, 1.54) is 0 Å². The number of fused-ring (bicyclic) bond motifs is 5. The van der Waals surface area contributed by atoms with E-state index in [1.807, 2.05) is 35.8 Å². The summed E-state index contributed by atoms with van der Waals surface area (Å²) in [5.74, 6) is 0.843. The average Bonchev–Trinajstić information content (AvgIpc) is 2.62. The van der Waals surface area contributed by atoms with Gasteiger partial charge in [0.2, 0.25) is 0 Å². The summed E-state index contributed by atoms with van der Waals surface area (Å²) in [5.41, 5.74) is 3.64. The van der Waals surface area contributed by atoms with Crippen molar-refractivity contribution in [2.45, 2.75) is 32.4 Å². The van der Waals surface area contributed by atoms with Gasteiger partial charge >= 0.3 is 0 Å². The van der Waals surface area contributed by atoms with Crippen LogP contribution in [0.3, 0.4) is 0 Å². The second kappa shape index (κ2) is 6.16.